The molecule has 0 N–H and O–H groups in total. The number of hydrogen-bond donors (Lipinski definition) is 0. The quantitative estimate of drug-likeness (QED) is 0.719. The fourth-order valence-electron chi connectivity index (χ4n) is 2.22. The van der Waals surface area contributed by atoms with Crippen LogP contribution in [0.3, 0.4) is 0 Å². The molecular weight excluding hydrogens is 320 g/mol. The number of amides is 1. The Hall–Kier alpha value is -2.11. The number of fused-ring (bicyclic) bond motifs is 1. The van der Waals surface area contributed by atoms with Crippen LogP contribution in [-0.4, -0.2) is 17.6 Å². The molecule has 0 saturated carbocycles. The molecule has 0 atom stereocenters. The van der Waals surface area contributed by atoms with E-state index in [0.717, 1.165) is 16.0 Å². The van der Waals surface area contributed by atoms with Crippen molar-refractivity contribution in [3.8, 4) is 5.75 Å². The van der Waals surface area contributed by atoms with E-state index in [1.165, 1.54) is 11.3 Å². The van der Waals surface area contributed by atoms with Crippen molar-refractivity contribution >= 4 is 39.1 Å². The topological polar surface area (TPSA) is 43.6 Å². The van der Waals surface area contributed by atoms with E-state index in [-0.39, 0.29) is 5.91 Å². The average Bonchev–Trinajstić information content (AvgIpc) is 2.84. The van der Waals surface area contributed by atoms with Crippen molar-refractivity contribution in [1.82, 2.24) is 4.57 Å². The molecular formula is C16H13ClN2O2S. The van der Waals surface area contributed by atoms with Gasteiger partial charge in [-0.3, -0.25) is 4.79 Å². The predicted molar refractivity (Wildman–Crippen MR) is 88.7 cm³/mol. The van der Waals surface area contributed by atoms with Crippen molar-refractivity contribution in [2.75, 3.05) is 7.11 Å². The SMILES string of the molecule is COc1cccc2sc(=NC(=O)c3ccccc3Cl)n(C)c12. The molecule has 0 bridgehead atoms. The van der Waals surface area contributed by atoms with Gasteiger partial charge in [0.1, 0.15) is 11.3 Å². The molecule has 1 heterocycles. The molecule has 0 saturated heterocycles. The van der Waals surface area contributed by atoms with Gasteiger partial charge in [-0.05, 0) is 24.3 Å². The number of para-hydroxylation sites is 1. The second-order valence-corrected chi connectivity index (χ2v) is 6.06. The van der Waals surface area contributed by atoms with Gasteiger partial charge in [0.05, 0.1) is 22.4 Å². The van der Waals surface area contributed by atoms with Crippen molar-refractivity contribution in [1.29, 1.82) is 0 Å². The van der Waals surface area contributed by atoms with Crippen LogP contribution in [0.1, 0.15) is 10.4 Å². The van der Waals surface area contributed by atoms with Gasteiger partial charge in [-0.25, -0.2) is 0 Å². The first-order chi connectivity index (χ1) is 10.6. The minimum atomic E-state index is -0.355. The first-order valence-electron chi connectivity index (χ1n) is 6.58. The highest BCUT2D eigenvalue weighted by Crippen LogP contribution is 2.26. The summed E-state index contributed by atoms with van der Waals surface area (Å²) in [4.78, 5) is 17.1. The van der Waals surface area contributed by atoms with Gasteiger partial charge in [0.25, 0.3) is 5.91 Å². The highest BCUT2D eigenvalue weighted by atomic mass is 35.5. The third kappa shape index (κ3) is 2.53. The summed E-state index contributed by atoms with van der Waals surface area (Å²) in [6, 6.07) is 12.7. The summed E-state index contributed by atoms with van der Waals surface area (Å²) in [5, 5.41) is 0.401. The highest BCUT2D eigenvalue weighted by Gasteiger charge is 2.12. The number of nitrogens with zero attached hydrogens (tertiary/aromatic N) is 2. The van der Waals surface area contributed by atoms with Gasteiger partial charge in [0, 0.05) is 7.05 Å². The number of thiazole rings is 1. The molecule has 0 radical (unpaired) electrons. The summed E-state index contributed by atoms with van der Waals surface area (Å²) in [7, 11) is 3.48. The van der Waals surface area contributed by atoms with Crippen molar-refractivity contribution in [3.63, 3.8) is 0 Å². The Morgan fingerprint density at radius 3 is 2.73 bits per heavy atom. The van der Waals surface area contributed by atoms with Crippen molar-refractivity contribution < 1.29 is 9.53 Å². The normalized spacial score (nSPS) is 11.9. The van der Waals surface area contributed by atoms with Crippen LogP contribution in [0, 0.1) is 0 Å². The lowest BCUT2D eigenvalue weighted by Crippen LogP contribution is -2.13. The largest absolute Gasteiger partial charge is 0.495 e. The predicted octanol–water partition coefficient (Wildman–Crippen LogP) is 3.64. The zero-order valence-corrected chi connectivity index (χ0v) is 13.6. The van der Waals surface area contributed by atoms with Crippen LogP contribution in [0.4, 0.5) is 0 Å². The molecule has 0 spiro atoms. The summed E-state index contributed by atoms with van der Waals surface area (Å²) in [6.45, 7) is 0. The van der Waals surface area contributed by atoms with E-state index < -0.39 is 0 Å². The van der Waals surface area contributed by atoms with Crippen molar-refractivity contribution in [3.05, 3.63) is 57.9 Å². The van der Waals surface area contributed by atoms with Gasteiger partial charge in [-0.1, -0.05) is 41.1 Å². The van der Waals surface area contributed by atoms with Gasteiger partial charge in [0.15, 0.2) is 4.80 Å². The molecule has 4 nitrogen and oxygen atoms in total. The first-order valence-corrected chi connectivity index (χ1v) is 7.77. The molecule has 0 aliphatic heterocycles. The molecule has 3 aromatic rings. The standard InChI is InChI=1S/C16H13ClN2O2S/c1-19-14-12(21-2)8-5-9-13(14)22-16(19)18-15(20)10-6-3-4-7-11(10)17/h3-9H,1-2H3. The summed E-state index contributed by atoms with van der Waals surface area (Å²) >= 11 is 7.48. The van der Waals surface area contributed by atoms with E-state index in [9.17, 15) is 4.79 Å². The Morgan fingerprint density at radius 2 is 2.00 bits per heavy atom. The Balaban J connectivity index is 2.16. The van der Waals surface area contributed by atoms with E-state index in [4.69, 9.17) is 16.3 Å². The van der Waals surface area contributed by atoms with E-state index in [2.05, 4.69) is 4.99 Å². The van der Waals surface area contributed by atoms with Gasteiger partial charge >= 0.3 is 0 Å². The number of halogens is 1. The molecule has 0 aliphatic rings. The molecule has 6 heteroatoms. The summed E-state index contributed by atoms with van der Waals surface area (Å²) in [5.74, 6) is 0.398. The van der Waals surface area contributed by atoms with Crippen LogP contribution in [0.2, 0.25) is 5.02 Å². The molecule has 1 amide bonds. The van der Waals surface area contributed by atoms with Crippen molar-refractivity contribution in [2.24, 2.45) is 12.0 Å². The zero-order chi connectivity index (χ0) is 15.7. The Bertz CT molecular complexity index is 927. The van der Waals surface area contributed by atoms with E-state index in [0.29, 0.717) is 15.4 Å². The number of aromatic nitrogens is 1. The molecule has 1 aromatic heterocycles. The van der Waals surface area contributed by atoms with Crippen LogP contribution >= 0.6 is 22.9 Å². The second kappa shape index (κ2) is 5.94. The van der Waals surface area contributed by atoms with E-state index in [1.807, 2.05) is 29.8 Å². The molecule has 112 valence electrons. The molecule has 3 rings (SSSR count). The van der Waals surface area contributed by atoms with Gasteiger partial charge < -0.3 is 9.30 Å². The Morgan fingerprint density at radius 1 is 1.23 bits per heavy atom. The Labute approximate surface area is 136 Å². The number of carbonyl (C=O) groups excluding carboxylic acids is 1. The summed E-state index contributed by atoms with van der Waals surface area (Å²) in [5.41, 5.74) is 1.31. The monoisotopic (exact) mass is 332 g/mol. The smallest absolute Gasteiger partial charge is 0.281 e. The lowest BCUT2D eigenvalue weighted by molar-refractivity contribution is 0.0998. The maximum absolute atomic E-state index is 12.3. The lowest BCUT2D eigenvalue weighted by atomic mass is 10.2. The van der Waals surface area contributed by atoms with Crippen LogP contribution in [0.5, 0.6) is 5.75 Å². The Kier molecular flexibility index (Phi) is 4.00. The second-order valence-electron chi connectivity index (χ2n) is 4.65. The summed E-state index contributed by atoms with van der Waals surface area (Å²) in [6.07, 6.45) is 0. The van der Waals surface area contributed by atoms with E-state index in [1.54, 1.807) is 31.4 Å². The maximum atomic E-state index is 12.3. The fourth-order valence-corrected chi connectivity index (χ4v) is 3.47. The van der Waals surface area contributed by atoms with Gasteiger partial charge in [0.2, 0.25) is 0 Å². The lowest BCUT2D eigenvalue weighted by Gasteiger charge is -2.03. The fraction of sp³-hybridized carbons (Fsp3) is 0.125. The van der Waals surface area contributed by atoms with Crippen LogP contribution in [0.15, 0.2) is 47.5 Å². The minimum absolute atomic E-state index is 0.355. The van der Waals surface area contributed by atoms with Crippen LogP contribution in [-0.2, 0) is 7.05 Å². The van der Waals surface area contributed by atoms with Gasteiger partial charge in [-0.15, -0.1) is 0 Å². The zero-order valence-electron chi connectivity index (χ0n) is 12.0. The molecule has 0 unspecified atom stereocenters. The number of hydrogen-bond acceptors (Lipinski definition) is 3. The number of aryl methyl sites for hydroxylation is 1. The molecule has 2 aromatic carbocycles. The third-order valence-electron chi connectivity index (χ3n) is 3.31. The molecule has 0 aliphatic carbocycles. The summed E-state index contributed by atoms with van der Waals surface area (Å²) < 4.78 is 8.23. The number of carbonyl (C=O) groups is 1. The van der Waals surface area contributed by atoms with Crippen LogP contribution in [0.25, 0.3) is 10.2 Å². The maximum Gasteiger partial charge on any atom is 0.281 e. The first kappa shape index (κ1) is 14.8. The average molecular weight is 333 g/mol. The number of ether oxygens (including phenoxy) is 1. The third-order valence-corrected chi connectivity index (χ3v) is 4.73. The van der Waals surface area contributed by atoms with E-state index >= 15 is 0 Å². The minimum Gasteiger partial charge on any atom is -0.495 e. The number of methoxy groups -OCH3 is 1. The number of rotatable bonds is 2. The molecule has 22 heavy (non-hydrogen) atoms. The molecule has 0 fully saturated rings. The number of benzene rings is 2. The van der Waals surface area contributed by atoms with Gasteiger partial charge in [-0.2, -0.15) is 4.99 Å². The van der Waals surface area contributed by atoms with Crippen LogP contribution < -0.4 is 9.54 Å². The highest BCUT2D eigenvalue weighted by molar-refractivity contribution is 7.16. The van der Waals surface area contributed by atoms with Crippen molar-refractivity contribution in [2.45, 2.75) is 0 Å².